The number of hydrogen-bond acceptors (Lipinski definition) is 3. The molecule has 0 fully saturated rings. The number of anilines is 1. The molecule has 0 saturated carbocycles. The average Bonchev–Trinajstić information content (AvgIpc) is 3.07. The Kier molecular flexibility index (Phi) is 3.43. The molecule has 0 unspecified atom stereocenters. The highest BCUT2D eigenvalue weighted by molar-refractivity contribution is 5.91. The van der Waals surface area contributed by atoms with Crippen LogP contribution in [0.1, 0.15) is 19.9 Å². The summed E-state index contributed by atoms with van der Waals surface area (Å²) in [4.78, 5) is 12.1. The highest BCUT2D eigenvalue weighted by Gasteiger charge is 2.09. The van der Waals surface area contributed by atoms with Gasteiger partial charge in [0.05, 0.1) is 6.20 Å². The van der Waals surface area contributed by atoms with Crippen LogP contribution in [0.15, 0.2) is 42.7 Å². The number of aromatic nitrogens is 4. The summed E-state index contributed by atoms with van der Waals surface area (Å²) in [6.45, 7) is 4.26. The fourth-order valence-electron chi connectivity index (χ4n) is 2.20. The number of fused-ring (bicyclic) bond motifs is 1. The molecule has 2 heterocycles. The van der Waals surface area contributed by atoms with Crippen LogP contribution in [-0.4, -0.2) is 25.5 Å². The van der Waals surface area contributed by atoms with Gasteiger partial charge in [-0.15, -0.1) is 5.10 Å². The monoisotopic (exact) mass is 283 g/mol. The minimum Gasteiger partial charge on any atom is -0.338 e. The van der Waals surface area contributed by atoms with E-state index in [2.05, 4.69) is 15.6 Å². The Bertz CT molecular complexity index is 771. The van der Waals surface area contributed by atoms with Crippen molar-refractivity contribution in [2.45, 2.75) is 26.4 Å². The molecule has 0 saturated heterocycles. The van der Waals surface area contributed by atoms with Crippen LogP contribution in [0.25, 0.3) is 10.9 Å². The second-order valence-corrected chi connectivity index (χ2v) is 5.23. The lowest BCUT2D eigenvalue weighted by molar-refractivity contribution is -0.116. The number of rotatable bonds is 4. The van der Waals surface area contributed by atoms with Crippen molar-refractivity contribution in [1.82, 2.24) is 19.6 Å². The number of nitrogens with zero attached hydrogens (tertiary/aromatic N) is 4. The lowest BCUT2D eigenvalue weighted by Crippen LogP contribution is -2.18. The van der Waals surface area contributed by atoms with E-state index in [1.807, 2.05) is 54.9 Å². The maximum atomic E-state index is 12.1. The Labute approximate surface area is 122 Å². The van der Waals surface area contributed by atoms with Crippen molar-refractivity contribution >= 4 is 22.6 Å². The molecule has 6 nitrogen and oxygen atoms in total. The molecule has 3 rings (SSSR count). The van der Waals surface area contributed by atoms with Gasteiger partial charge in [0.25, 0.3) is 0 Å². The molecule has 0 aliphatic heterocycles. The summed E-state index contributed by atoms with van der Waals surface area (Å²) in [7, 11) is 0. The first-order valence-corrected chi connectivity index (χ1v) is 6.89. The van der Waals surface area contributed by atoms with Crippen molar-refractivity contribution in [3.63, 3.8) is 0 Å². The summed E-state index contributed by atoms with van der Waals surface area (Å²) in [6.07, 6.45) is 3.64. The third kappa shape index (κ3) is 2.79. The van der Waals surface area contributed by atoms with E-state index in [4.69, 9.17) is 0 Å². The number of nitrogens with one attached hydrogen (secondary N) is 1. The van der Waals surface area contributed by atoms with Crippen molar-refractivity contribution in [1.29, 1.82) is 0 Å². The minimum absolute atomic E-state index is 0.118. The van der Waals surface area contributed by atoms with Gasteiger partial charge in [0.2, 0.25) is 5.91 Å². The zero-order valence-electron chi connectivity index (χ0n) is 12.0. The Balaban J connectivity index is 1.71. The van der Waals surface area contributed by atoms with E-state index in [-0.39, 0.29) is 18.5 Å². The van der Waals surface area contributed by atoms with Gasteiger partial charge in [-0.05, 0) is 31.4 Å². The predicted octanol–water partition coefficient (Wildman–Crippen LogP) is 2.45. The minimum atomic E-state index is -0.118. The number of carbonyl (C=O) groups is 1. The van der Waals surface area contributed by atoms with Gasteiger partial charge >= 0.3 is 0 Å². The number of para-hydroxylation sites is 1. The Hall–Kier alpha value is -2.63. The molecular weight excluding hydrogens is 266 g/mol. The number of amides is 1. The van der Waals surface area contributed by atoms with Gasteiger partial charge in [0.1, 0.15) is 6.54 Å². The first-order valence-electron chi connectivity index (χ1n) is 6.89. The molecule has 1 aromatic carbocycles. The molecule has 0 spiro atoms. The second-order valence-electron chi connectivity index (χ2n) is 5.23. The molecule has 0 radical (unpaired) electrons. The smallest absolute Gasteiger partial charge is 0.245 e. The van der Waals surface area contributed by atoms with Gasteiger partial charge in [-0.2, -0.15) is 0 Å². The summed E-state index contributed by atoms with van der Waals surface area (Å²) in [6, 6.07) is 10.2. The Morgan fingerprint density at radius 2 is 2.10 bits per heavy atom. The molecule has 1 N–H and O–H groups in total. The van der Waals surface area contributed by atoms with Crippen molar-refractivity contribution in [2.24, 2.45) is 0 Å². The van der Waals surface area contributed by atoms with Crippen molar-refractivity contribution in [3.05, 3.63) is 42.7 Å². The summed E-state index contributed by atoms with van der Waals surface area (Å²) >= 11 is 0. The number of benzene rings is 1. The molecule has 0 aliphatic carbocycles. The van der Waals surface area contributed by atoms with E-state index in [9.17, 15) is 4.79 Å². The SMILES string of the molecule is CC(C)n1cc(NC(=O)Cn2ccc3ccccc32)nn1. The van der Waals surface area contributed by atoms with Crippen molar-refractivity contribution in [3.8, 4) is 0 Å². The first kappa shape index (κ1) is 13.4. The van der Waals surface area contributed by atoms with E-state index < -0.39 is 0 Å². The van der Waals surface area contributed by atoms with Crippen LogP contribution in [0.4, 0.5) is 5.82 Å². The van der Waals surface area contributed by atoms with Gasteiger partial charge in [-0.1, -0.05) is 23.4 Å². The highest BCUT2D eigenvalue weighted by Crippen LogP contribution is 2.15. The largest absolute Gasteiger partial charge is 0.338 e. The molecule has 2 aromatic heterocycles. The van der Waals surface area contributed by atoms with Gasteiger partial charge in [0.15, 0.2) is 5.82 Å². The van der Waals surface area contributed by atoms with Crippen LogP contribution < -0.4 is 5.32 Å². The van der Waals surface area contributed by atoms with Gasteiger partial charge < -0.3 is 9.88 Å². The highest BCUT2D eigenvalue weighted by atomic mass is 16.2. The zero-order valence-corrected chi connectivity index (χ0v) is 12.0. The number of carbonyl (C=O) groups excluding carboxylic acids is 1. The summed E-state index contributed by atoms with van der Waals surface area (Å²) in [5.74, 6) is 0.359. The molecule has 6 heteroatoms. The summed E-state index contributed by atoms with van der Waals surface area (Å²) in [5.41, 5.74) is 1.04. The molecule has 108 valence electrons. The van der Waals surface area contributed by atoms with E-state index >= 15 is 0 Å². The lowest BCUT2D eigenvalue weighted by Gasteiger charge is -2.05. The number of hydrogen-bond donors (Lipinski definition) is 1. The molecule has 0 bridgehead atoms. The third-order valence-electron chi connectivity index (χ3n) is 3.30. The van der Waals surface area contributed by atoms with Crippen LogP contribution >= 0.6 is 0 Å². The quantitative estimate of drug-likeness (QED) is 0.800. The van der Waals surface area contributed by atoms with Gasteiger partial charge in [-0.3, -0.25) is 4.79 Å². The second kappa shape index (κ2) is 5.40. The van der Waals surface area contributed by atoms with Crippen LogP contribution in [0.5, 0.6) is 0 Å². The van der Waals surface area contributed by atoms with Gasteiger partial charge in [0, 0.05) is 17.8 Å². The average molecular weight is 283 g/mol. The Morgan fingerprint density at radius 3 is 2.86 bits per heavy atom. The van der Waals surface area contributed by atoms with E-state index in [0.29, 0.717) is 5.82 Å². The van der Waals surface area contributed by atoms with Crippen LogP contribution in [0.2, 0.25) is 0 Å². The zero-order chi connectivity index (χ0) is 14.8. The third-order valence-corrected chi connectivity index (χ3v) is 3.30. The maximum Gasteiger partial charge on any atom is 0.245 e. The molecule has 0 aliphatic rings. The lowest BCUT2D eigenvalue weighted by atomic mass is 10.2. The van der Waals surface area contributed by atoms with Crippen LogP contribution in [-0.2, 0) is 11.3 Å². The van der Waals surface area contributed by atoms with Crippen molar-refractivity contribution < 1.29 is 4.79 Å². The maximum absolute atomic E-state index is 12.1. The predicted molar refractivity (Wildman–Crippen MR) is 81.0 cm³/mol. The molecule has 3 aromatic rings. The van der Waals surface area contributed by atoms with E-state index in [0.717, 1.165) is 10.9 Å². The molecule has 21 heavy (non-hydrogen) atoms. The van der Waals surface area contributed by atoms with E-state index in [1.165, 1.54) is 0 Å². The molecular formula is C15H17N5O. The summed E-state index contributed by atoms with van der Waals surface area (Å²) in [5, 5.41) is 11.8. The first-order chi connectivity index (χ1) is 10.1. The molecule has 1 amide bonds. The van der Waals surface area contributed by atoms with Crippen LogP contribution in [0.3, 0.4) is 0 Å². The fraction of sp³-hybridized carbons (Fsp3) is 0.267. The fourth-order valence-corrected chi connectivity index (χ4v) is 2.20. The topological polar surface area (TPSA) is 64.7 Å². The van der Waals surface area contributed by atoms with Gasteiger partial charge in [-0.25, -0.2) is 4.68 Å². The summed E-state index contributed by atoms with van der Waals surface area (Å²) < 4.78 is 3.62. The Morgan fingerprint density at radius 1 is 1.29 bits per heavy atom. The van der Waals surface area contributed by atoms with E-state index in [1.54, 1.807) is 10.9 Å². The van der Waals surface area contributed by atoms with Crippen molar-refractivity contribution in [2.75, 3.05) is 5.32 Å². The standard InChI is InChI=1S/C15H17N5O/c1-11(2)20-9-14(17-18-20)16-15(21)10-19-8-7-12-5-3-4-6-13(12)19/h3-9,11H,10H2,1-2H3,(H,16,21). The normalized spacial score (nSPS) is 11.2. The molecule has 0 atom stereocenters. The van der Waals surface area contributed by atoms with Crippen LogP contribution in [0, 0.1) is 0 Å².